The molecule has 3 aromatic rings. The van der Waals surface area contributed by atoms with Crippen molar-refractivity contribution in [1.29, 1.82) is 0 Å². The van der Waals surface area contributed by atoms with Gasteiger partial charge in [-0.2, -0.15) is 0 Å². The SMILES string of the molecule is CCCn1c(CNc2ccccc2OCCC(N)=O)nc2ccccc21. The third-order valence-electron chi connectivity index (χ3n) is 4.11. The molecule has 0 spiro atoms. The Kier molecular flexibility index (Phi) is 5.73. The topological polar surface area (TPSA) is 82.2 Å². The first-order chi connectivity index (χ1) is 12.7. The number of hydrogen-bond acceptors (Lipinski definition) is 4. The van der Waals surface area contributed by atoms with Crippen molar-refractivity contribution in [2.45, 2.75) is 32.9 Å². The molecule has 0 radical (unpaired) electrons. The lowest BCUT2D eigenvalue weighted by Gasteiger charge is -2.13. The summed E-state index contributed by atoms with van der Waals surface area (Å²) >= 11 is 0. The standard InChI is InChI=1S/C20H24N4O2/c1-2-12-24-17-9-5-3-7-15(17)23-20(24)14-22-16-8-4-6-10-18(16)26-13-11-19(21)25/h3-10,22H,2,11-14H2,1H3,(H2,21,25). The smallest absolute Gasteiger partial charge is 0.220 e. The fourth-order valence-corrected chi connectivity index (χ4v) is 2.91. The first-order valence-corrected chi connectivity index (χ1v) is 8.87. The molecule has 2 aromatic carbocycles. The number of primary amides is 1. The summed E-state index contributed by atoms with van der Waals surface area (Å²) in [5.41, 5.74) is 8.19. The van der Waals surface area contributed by atoms with Crippen molar-refractivity contribution in [2.24, 2.45) is 5.73 Å². The Hall–Kier alpha value is -3.02. The number of carbonyl (C=O) groups excluding carboxylic acids is 1. The van der Waals surface area contributed by atoms with E-state index in [0.29, 0.717) is 12.3 Å². The van der Waals surface area contributed by atoms with Crippen LogP contribution in [0, 0.1) is 0 Å². The Labute approximate surface area is 153 Å². The number of aryl methyl sites for hydroxylation is 1. The van der Waals surface area contributed by atoms with Crippen molar-refractivity contribution in [2.75, 3.05) is 11.9 Å². The molecule has 26 heavy (non-hydrogen) atoms. The van der Waals surface area contributed by atoms with Crippen molar-refractivity contribution in [3.8, 4) is 5.75 Å². The molecule has 0 bridgehead atoms. The van der Waals surface area contributed by atoms with E-state index in [0.717, 1.165) is 35.5 Å². The van der Waals surface area contributed by atoms with E-state index in [9.17, 15) is 4.79 Å². The van der Waals surface area contributed by atoms with E-state index in [-0.39, 0.29) is 18.9 Å². The highest BCUT2D eigenvalue weighted by atomic mass is 16.5. The molecule has 3 N–H and O–H groups in total. The Morgan fingerprint density at radius 3 is 2.77 bits per heavy atom. The summed E-state index contributed by atoms with van der Waals surface area (Å²) in [4.78, 5) is 15.6. The average Bonchev–Trinajstić information content (AvgIpc) is 2.99. The number of nitrogens with zero attached hydrogens (tertiary/aromatic N) is 2. The van der Waals surface area contributed by atoms with Crippen LogP contribution in [-0.2, 0) is 17.9 Å². The molecular formula is C20H24N4O2. The van der Waals surface area contributed by atoms with Crippen LogP contribution >= 0.6 is 0 Å². The molecule has 0 aliphatic heterocycles. The van der Waals surface area contributed by atoms with Gasteiger partial charge in [-0.05, 0) is 30.7 Å². The van der Waals surface area contributed by atoms with Gasteiger partial charge < -0.3 is 20.4 Å². The van der Waals surface area contributed by atoms with Gasteiger partial charge in [0.05, 0.1) is 36.3 Å². The van der Waals surface area contributed by atoms with Crippen LogP contribution in [0.15, 0.2) is 48.5 Å². The van der Waals surface area contributed by atoms with Crippen molar-refractivity contribution in [1.82, 2.24) is 9.55 Å². The predicted molar refractivity (Wildman–Crippen MR) is 103 cm³/mol. The van der Waals surface area contributed by atoms with E-state index in [4.69, 9.17) is 15.5 Å². The minimum atomic E-state index is -0.372. The lowest BCUT2D eigenvalue weighted by atomic mass is 10.3. The molecule has 0 aliphatic rings. The second-order valence-electron chi connectivity index (χ2n) is 6.08. The van der Waals surface area contributed by atoms with E-state index >= 15 is 0 Å². The Morgan fingerprint density at radius 1 is 1.19 bits per heavy atom. The van der Waals surface area contributed by atoms with Crippen LogP contribution in [-0.4, -0.2) is 22.1 Å². The molecule has 1 heterocycles. The maximum Gasteiger partial charge on any atom is 0.220 e. The zero-order chi connectivity index (χ0) is 18.4. The number of nitrogens with one attached hydrogen (secondary N) is 1. The Balaban J connectivity index is 1.76. The number of rotatable bonds is 9. The van der Waals surface area contributed by atoms with Gasteiger partial charge in [0.25, 0.3) is 0 Å². The largest absolute Gasteiger partial charge is 0.491 e. The number of carbonyl (C=O) groups is 1. The number of para-hydroxylation sites is 4. The molecular weight excluding hydrogens is 328 g/mol. The van der Waals surface area contributed by atoms with Crippen LogP contribution in [0.25, 0.3) is 11.0 Å². The third-order valence-corrected chi connectivity index (χ3v) is 4.11. The van der Waals surface area contributed by atoms with E-state index in [1.165, 1.54) is 0 Å². The van der Waals surface area contributed by atoms with Crippen molar-refractivity contribution in [3.05, 3.63) is 54.4 Å². The number of ether oxygens (including phenoxy) is 1. The second kappa shape index (κ2) is 8.38. The van der Waals surface area contributed by atoms with Crippen LogP contribution in [0.3, 0.4) is 0 Å². The van der Waals surface area contributed by atoms with Crippen LogP contribution in [0.1, 0.15) is 25.6 Å². The molecule has 6 nitrogen and oxygen atoms in total. The molecule has 0 saturated carbocycles. The van der Waals surface area contributed by atoms with E-state index in [1.54, 1.807) is 0 Å². The minimum absolute atomic E-state index is 0.195. The molecule has 0 atom stereocenters. The first-order valence-electron chi connectivity index (χ1n) is 8.87. The van der Waals surface area contributed by atoms with E-state index < -0.39 is 0 Å². The molecule has 0 aliphatic carbocycles. The molecule has 1 aromatic heterocycles. The summed E-state index contributed by atoms with van der Waals surface area (Å²) in [6.07, 6.45) is 1.24. The number of nitrogens with two attached hydrogens (primary N) is 1. The second-order valence-corrected chi connectivity index (χ2v) is 6.08. The van der Waals surface area contributed by atoms with Gasteiger partial charge >= 0.3 is 0 Å². The molecule has 0 saturated heterocycles. The maximum absolute atomic E-state index is 10.9. The lowest BCUT2D eigenvalue weighted by Crippen LogP contribution is -2.15. The summed E-state index contributed by atoms with van der Waals surface area (Å²) in [7, 11) is 0. The maximum atomic E-state index is 10.9. The zero-order valence-corrected chi connectivity index (χ0v) is 14.9. The van der Waals surface area contributed by atoms with E-state index in [2.05, 4.69) is 22.9 Å². The van der Waals surface area contributed by atoms with Gasteiger partial charge in [0.2, 0.25) is 5.91 Å². The predicted octanol–water partition coefficient (Wildman–Crippen LogP) is 3.31. The highest BCUT2D eigenvalue weighted by Gasteiger charge is 2.11. The number of amides is 1. The average molecular weight is 352 g/mol. The molecule has 1 amide bonds. The Morgan fingerprint density at radius 2 is 1.96 bits per heavy atom. The number of anilines is 1. The number of benzene rings is 2. The summed E-state index contributed by atoms with van der Waals surface area (Å²) in [5, 5.41) is 3.40. The summed E-state index contributed by atoms with van der Waals surface area (Å²) in [6, 6.07) is 15.8. The van der Waals surface area contributed by atoms with Gasteiger partial charge in [0, 0.05) is 6.54 Å². The third kappa shape index (κ3) is 4.14. The van der Waals surface area contributed by atoms with Gasteiger partial charge in [-0.3, -0.25) is 4.79 Å². The van der Waals surface area contributed by atoms with Crippen molar-refractivity contribution >= 4 is 22.6 Å². The van der Waals surface area contributed by atoms with Crippen LogP contribution in [0.5, 0.6) is 5.75 Å². The highest BCUT2D eigenvalue weighted by molar-refractivity contribution is 5.76. The highest BCUT2D eigenvalue weighted by Crippen LogP contribution is 2.25. The van der Waals surface area contributed by atoms with E-state index in [1.807, 2.05) is 42.5 Å². The first kappa shape index (κ1) is 17.8. The quantitative estimate of drug-likeness (QED) is 0.619. The van der Waals surface area contributed by atoms with Gasteiger partial charge in [-0.25, -0.2) is 4.98 Å². The monoisotopic (exact) mass is 352 g/mol. The fourth-order valence-electron chi connectivity index (χ4n) is 2.91. The number of imidazole rings is 1. The zero-order valence-electron chi connectivity index (χ0n) is 14.9. The van der Waals surface area contributed by atoms with Gasteiger partial charge in [-0.15, -0.1) is 0 Å². The van der Waals surface area contributed by atoms with Crippen LogP contribution in [0.2, 0.25) is 0 Å². The molecule has 0 unspecified atom stereocenters. The van der Waals surface area contributed by atoms with Crippen LogP contribution < -0.4 is 15.8 Å². The summed E-state index contributed by atoms with van der Waals surface area (Å²) in [6.45, 7) is 3.94. The Bertz CT molecular complexity index is 888. The number of aromatic nitrogens is 2. The molecule has 136 valence electrons. The van der Waals surface area contributed by atoms with Crippen molar-refractivity contribution in [3.63, 3.8) is 0 Å². The number of hydrogen-bond donors (Lipinski definition) is 2. The molecule has 6 heteroatoms. The van der Waals surface area contributed by atoms with Gasteiger partial charge in [0.1, 0.15) is 11.6 Å². The van der Waals surface area contributed by atoms with Gasteiger partial charge in [-0.1, -0.05) is 31.2 Å². The van der Waals surface area contributed by atoms with Crippen LogP contribution in [0.4, 0.5) is 5.69 Å². The number of fused-ring (bicyclic) bond motifs is 1. The minimum Gasteiger partial charge on any atom is -0.491 e. The summed E-state index contributed by atoms with van der Waals surface area (Å²) in [5.74, 6) is 1.32. The molecule has 3 rings (SSSR count). The fraction of sp³-hybridized carbons (Fsp3) is 0.300. The van der Waals surface area contributed by atoms with Crippen molar-refractivity contribution < 1.29 is 9.53 Å². The lowest BCUT2D eigenvalue weighted by molar-refractivity contribution is -0.118. The summed E-state index contributed by atoms with van der Waals surface area (Å²) < 4.78 is 7.93. The van der Waals surface area contributed by atoms with Gasteiger partial charge in [0.15, 0.2) is 0 Å². The normalized spacial score (nSPS) is 10.8. The molecule has 0 fully saturated rings.